The van der Waals surface area contributed by atoms with E-state index in [0.717, 1.165) is 38.1 Å². The zero-order valence-corrected chi connectivity index (χ0v) is 15.5. The van der Waals surface area contributed by atoms with Crippen molar-refractivity contribution in [2.75, 3.05) is 5.84 Å². The fourth-order valence-electron chi connectivity index (χ4n) is 2.82. The Labute approximate surface area is 153 Å². The van der Waals surface area contributed by atoms with Crippen molar-refractivity contribution in [3.63, 3.8) is 0 Å². The third-order valence-electron chi connectivity index (χ3n) is 3.92. The molecule has 0 aliphatic heterocycles. The largest absolute Gasteiger partial charge is 0.339 e. The Kier molecular flexibility index (Phi) is 4.95. The number of nitrogens with zero attached hydrogens (tertiary/aromatic N) is 2. The number of aromatic nitrogens is 2. The van der Waals surface area contributed by atoms with Crippen molar-refractivity contribution < 1.29 is 0 Å². The van der Waals surface area contributed by atoms with Crippen LogP contribution in [0.25, 0.3) is 33.1 Å². The highest BCUT2D eigenvalue weighted by atomic mass is 35.5. The van der Waals surface area contributed by atoms with E-state index in [9.17, 15) is 0 Å². The molecule has 0 fully saturated rings. The molecule has 2 aromatic carbocycles. The Morgan fingerprint density at radius 2 is 1.80 bits per heavy atom. The number of hydrogen-bond acceptors (Lipinski definition) is 2. The number of rotatable bonds is 1. The van der Waals surface area contributed by atoms with Gasteiger partial charge in [0.05, 0.1) is 16.7 Å². The number of aryl methyl sites for hydroxylation is 1. The number of nitrogen functional groups attached to an aromatic ring is 1. The molecule has 2 N–H and O–H groups in total. The molecule has 0 bridgehead atoms. The van der Waals surface area contributed by atoms with Crippen LogP contribution in [0.3, 0.4) is 0 Å². The molecule has 4 heteroatoms. The van der Waals surface area contributed by atoms with E-state index in [0.29, 0.717) is 0 Å². The number of hydrogen-bond donors (Lipinski definition) is 1. The minimum Gasteiger partial charge on any atom is -0.339 e. The lowest BCUT2D eigenvalue weighted by molar-refractivity contribution is 1.07. The molecule has 4 aromatic rings. The molecule has 0 radical (unpaired) electrons. The van der Waals surface area contributed by atoms with Gasteiger partial charge >= 0.3 is 0 Å². The molecule has 3 nitrogen and oxygen atoms in total. The smallest absolute Gasteiger partial charge is 0.0732 e. The van der Waals surface area contributed by atoms with E-state index in [2.05, 4.69) is 32.9 Å². The first-order chi connectivity index (χ1) is 12.0. The predicted molar refractivity (Wildman–Crippen MR) is 109 cm³/mol. The molecule has 0 amide bonds. The average molecular weight is 352 g/mol. The summed E-state index contributed by atoms with van der Waals surface area (Å²) in [5.74, 6) is 6.07. The summed E-state index contributed by atoms with van der Waals surface area (Å²) in [7, 11) is 0. The van der Waals surface area contributed by atoms with E-state index in [1.54, 1.807) is 4.68 Å². The molecule has 0 aliphatic carbocycles. The van der Waals surface area contributed by atoms with E-state index in [1.165, 1.54) is 12.0 Å². The van der Waals surface area contributed by atoms with E-state index in [4.69, 9.17) is 22.4 Å². The lowest BCUT2D eigenvalue weighted by Gasteiger charge is -2.03. The number of pyridine rings is 1. The summed E-state index contributed by atoms with van der Waals surface area (Å²) >= 11 is 6.03. The van der Waals surface area contributed by atoms with E-state index >= 15 is 0 Å². The molecule has 0 atom stereocenters. The van der Waals surface area contributed by atoms with Gasteiger partial charge in [0.15, 0.2) is 0 Å². The van der Waals surface area contributed by atoms with Crippen LogP contribution in [0.4, 0.5) is 0 Å². The van der Waals surface area contributed by atoms with Gasteiger partial charge < -0.3 is 5.84 Å². The molecule has 0 spiro atoms. The van der Waals surface area contributed by atoms with Gasteiger partial charge in [-0.2, -0.15) is 0 Å². The maximum absolute atomic E-state index is 6.07. The van der Waals surface area contributed by atoms with Crippen LogP contribution in [0.1, 0.15) is 25.8 Å². The SMILES string of the molecule is CCC.Cc1ccc2c(c1)c(-c1ccc3cc(Cl)ccc3n1)cn2N. The quantitative estimate of drug-likeness (QED) is 0.431. The van der Waals surface area contributed by atoms with Gasteiger partial charge in [0.2, 0.25) is 0 Å². The molecule has 128 valence electrons. The molecular weight excluding hydrogens is 330 g/mol. The predicted octanol–water partition coefficient (Wildman–Crippen LogP) is 5.95. The first kappa shape index (κ1) is 17.3. The van der Waals surface area contributed by atoms with Crippen LogP contribution in [0, 0.1) is 6.92 Å². The van der Waals surface area contributed by atoms with Crippen molar-refractivity contribution in [2.45, 2.75) is 27.2 Å². The highest BCUT2D eigenvalue weighted by Crippen LogP contribution is 2.30. The molecule has 0 aliphatic rings. The lowest BCUT2D eigenvalue weighted by atomic mass is 10.1. The zero-order chi connectivity index (χ0) is 18.0. The Hall–Kier alpha value is -2.52. The molecule has 2 aromatic heterocycles. The third-order valence-corrected chi connectivity index (χ3v) is 4.15. The van der Waals surface area contributed by atoms with Crippen molar-refractivity contribution in [3.8, 4) is 11.3 Å². The lowest BCUT2D eigenvalue weighted by Crippen LogP contribution is -2.04. The molecule has 0 saturated heterocycles. The van der Waals surface area contributed by atoms with E-state index in [-0.39, 0.29) is 0 Å². The minimum absolute atomic E-state index is 0.719. The van der Waals surface area contributed by atoms with Gasteiger partial charge in [0.25, 0.3) is 0 Å². The summed E-state index contributed by atoms with van der Waals surface area (Å²) in [6, 6.07) is 16.0. The second-order valence-electron chi connectivity index (χ2n) is 6.21. The average Bonchev–Trinajstić information content (AvgIpc) is 2.91. The normalized spacial score (nSPS) is 10.7. The second kappa shape index (κ2) is 7.16. The monoisotopic (exact) mass is 351 g/mol. The summed E-state index contributed by atoms with van der Waals surface area (Å²) in [5, 5.41) is 2.86. The van der Waals surface area contributed by atoms with Crippen molar-refractivity contribution in [1.29, 1.82) is 0 Å². The summed E-state index contributed by atoms with van der Waals surface area (Å²) in [6.45, 7) is 6.33. The third kappa shape index (κ3) is 3.47. The highest BCUT2D eigenvalue weighted by molar-refractivity contribution is 6.31. The van der Waals surface area contributed by atoms with Crippen LogP contribution in [-0.2, 0) is 0 Å². The van der Waals surface area contributed by atoms with Gasteiger partial charge in [-0.1, -0.05) is 49.6 Å². The number of benzene rings is 2. The van der Waals surface area contributed by atoms with Crippen LogP contribution < -0.4 is 5.84 Å². The van der Waals surface area contributed by atoms with Crippen molar-refractivity contribution in [3.05, 3.63) is 65.3 Å². The summed E-state index contributed by atoms with van der Waals surface area (Å²) < 4.78 is 1.65. The van der Waals surface area contributed by atoms with E-state index < -0.39 is 0 Å². The fourth-order valence-corrected chi connectivity index (χ4v) is 3.00. The topological polar surface area (TPSA) is 43.8 Å². The molecule has 0 unspecified atom stereocenters. The maximum Gasteiger partial charge on any atom is 0.0732 e. The Balaban J connectivity index is 0.000000569. The maximum atomic E-state index is 6.07. The standard InChI is InChI=1S/C18H14ClN3.C3H8/c1-11-2-7-18-14(8-11)15(10-22(18)20)17-5-3-12-9-13(19)4-6-16(12)21-17;1-3-2/h2-10H,20H2,1H3;3H2,1-2H3. The Morgan fingerprint density at radius 1 is 1.04 bits per heavy atom. The van der Waals surface area contributed by atoms with Crippen LogP contribution in [-0.4, -0.2) is 9.66 Å². The van der Waals surface area contributed by atoms with Gasteiger partial charge in [-0.25, -0.2) is 4.98 Å². The molecule has 25 heavy (non-hydrogen) atoms. The van der Waals surface area contributed by atoms with Crippen molar-refractivity contribution in [2.24, 2.45) is 0 Å². The minimum atomic E-state index is 0.719. The van der Waals surface area contributed by atoms with E-state index in [1.807, 2.05) is 42.6 Å². The van der Waals surface area contributed by atoms with Crippen molar-refractivity contribution in [1.82, 2.24) is 9.66 Å². The second-order valence-corrected chi connectivity index (χ2v) is 6.65. The Bertz CT molecular complexity index is 1030. The van der Waals surface area contributed by atoms with Gasteiger partial charge in [-0.15, -0.1) is 0 Å². The van der Waals surface area contributed by atoms with Gasteiger partial charge in [0, 0.05) is 27.6 Å². The first-order valence-corrected chi connectivity index (χ1v) is 8.84. The molecular formula is C21H22ClN3. The molecule has 2 heterocycles. The van der Waals surface area contributed by atoms with Gasteiger partial charge in [-0.05, 0) is 43.3 Å². The first-order valence-electron chi connectivity index (χ1n) is 8.47. The number of nitrogens with two attached hydrogens (primary N) is 1. The zero-order valence-electron chi connectivity index (χ0n) is 14.8. The molecule has 4 rings (SSSR count). The van der Waals surface area contributed by atoms with Gasteiger partial charge in [-0.3, -0.25) is 4.68 Å². The summed E-state index contributed by atoms with van der Waals surface area (Å²) in [6.07, 6.45) is 3.17. The highest BCUT2D eigenvalue weighted by Gasteiger charge is 2.11. The summed E-state index contributed by atoms with van der Waals surface area (Å²) in [4.78, 5) is 4.75. The van der Waals surface area contributed by atoms with Crippen LogP contribution in [0.15, 0.2) is 54.7 Å². The molecule has 0 saturated carbocycles. The number of halogens is 1. The van der Waals surface area contributed by atoms with Crippen molar-refractivity contribution >= 4 is 33.4 Å². The van der Waals surface area contributed by atoms with Crippen LogP contribution >= 0.6 is 11.6 Å². The van der Waals surface area contributed by atoms with Gasteiger partial charge in [0.1, 0.15) is 0 Å². The number of fused-ring (bicyclic) bond motifs is 2. The van der Waals surface area contributed by atoms with Crippen LogP contribution in [0.2, 0.25) is 5.02 Å². The summed E-state index contributed by atoms with van der Waals surface area (Å²) in [5.41, 5.74) is 5.08. The Morgan fingerprint density at radius 3 is 2.56 bits per heavy atom. The van der Waals surface area contributed by atoms with Crippen LogP contribution in [0.5, 0.6) is 0 Å². The fraction of sp³-hybridized carbons (Fsp3) is 0.190.